The van der Waals surface area contributed by atoms with Crippen LogP contribution in [-0.2, 0) is 19.4 Å². The molecule has 128 valence electrons. The van der Waals surface area contributed by atoms with Crippen molar-refractivity contribution in [3.63, 3.8) is 0 Å². The zero-order chi connectivity index (χ0) is 17.2. The molecule has 23 heavy (non-hydrogen) atoms. The van der Waals surface area contributed by atoms with Crippen LogP contribution >= 0.6 is 0 Å². The minimum absolute atomic E-state index is 0.0975. The van der Waals surface area contributed by atoms with Gasteiger partial charge in [0, 0.05) is 18.8 Å². The maximum Gasteiger partial charge on any atom is 0.211 e. The molecule has 1 amide bonds. The molecule has 6 nitrogen and oxygen atoms in total. The van der Waals surface area contributed by atoms with E-state index in [4.69, 9.17) is 4.74 Å². The average molecular weight is 340 g/mol. The molecule has 2 unspecified atom stereocenters. The molecule has 0 radical (unpaired) electrons. The first-order valence-electron chi connectivity index (χ1n) is 7.74. The summed E-state index contributed by atoms with van der Waals surface area (Å²) in [4.78, 5) is 13.2. The maximum atomic E-state index is 12.4. The number of hydrogen-bond acceptors (Lipinski definition) is 5. The van der Waals surface area contributed by atoms with Crippen LogP contribution in [0.15, 0.2) is 23.1 Å². The van der Waals surface area contributed by atoms with Crippen molar-refractivity contribution in [2.24, 2.45) is 0 Å². The van der Waals surface area contributed by atoms with Crippen LogP contribution in [0.25, 0.3) is 0 Å². The first kappa shape index (κ1) is 17.7. The van der Waals surface area contributed by atoms with E-state index in [0.29, 0.717) is 12.1 Å². The highest BCUT2D eigenvalue weighted by atomic mass is 32.2. The Kier molecular flexibility index (Phi) is 5.31. The highest BCUT2D eigenvalue weighted by molar-refractivity contribution is 7.92. The highest BCUT2D eigenvalue weighted by Gasteiger charge is 2.26. The average Bonchev–Trinajstić information content (AvgIpc) is 2.46. The molecular weight excluding hydrogens is 316 g/mol. The Morgan fingerprint density at radius 2 is 1.87 bits per heavy atom. The lowest BCUT2D eigenvalue weighted by Gasteiger charge is -2.37. The van der Waals surface area contributed by atoms with Gasteiger partial charge >= 0.3 is 0 Å². The Morgan fingerprint density at radius 1 is 1.26 bits per heavy atom. The Labute approximate surface area is 137 Å². The summed E-state index contributed by atoms with van der Waals surface area (Å²) in [6, 6.07) is 5.08. The number of rotatable bonds is 5. The molecule has 1 aliphatic rings. The number of nitrogens with zero attached hydrogens (tertiary/aromatic N) is 1. The minimum Gasteiger partial charge on any atom is -0.372 e. The highest BCUT2D eigenvalue weighted by Crippen LogP contribution is 2.30. The summed E-state index contributed by atoms with van der Waals surface area (Å²) in [5.41, 5.74) is 1.19. The van der Waals surface area contributed by atoms with Gasteiger partial charge in [-0.25, -0.2) is 8.42 Å². The van der Waals surface area contributed by atoms with Gasteiger partial charge in [0.25, 0.3) is 0 Å². The van der Waals surface area contributed by atoms with E-state index in [1.807, 2.05) is 13.8 Å². The van der Waals surface area contributed by atoms with Crippen LogP contribution in [0.4, 0.5) is 11.4 Å². The number of anilines is 2. The number of morpholine rings is 1. The van der Waals surface area contributed by atoms with Crippen molar-refractivity contribution in [3.8, 4) is 0 Å². The van der Waals surface area contributed by atoms with Gasteiger partial charge in [-0.1, -0.05) is 0 Å². The van der Waals surface area contributed by atoms with Gasteiger partial charge in [0.1, 0.15) is 0 Å². The molecular formula is C16H24N2O4S. The Hall–Kier alpha value is -1.60. The van der Waals surface area contributed by atoms with Gasteiger partial charge in [-0.2, -0.15) is 0 Å². The number of sulfone groups is 1. The molecule has 1 aromatic carbocycles. The van der Waals surface area contributed by atoms with Crippen LogP contribution in [0.2, 0.25) is 0 Å². The van der Waals surface area contributed by atoms with Gasteiger partial charge in [-0.3, -0.25) is 4.79 Å². The second kappa shape index (κ2) is 6.88. The zero-order valence-electron chi connectivity index (χ0n) is 13.9. The largest absolute Gasteiger partial charge is 0.372 e. The van der Waals surface area contributed by atoms with E-state index in [1.165, 1.54) is 0 Å². The number of hydrogen-bond donors (Lipinski definition) is 1. The molecule has 2 rings (SSSR count). The van der Waals surface area contributed by atoms with Gasteiger partial charge in [-0.05, 0) is 45.9 Å². The second-order valence-corrected chi connectivity index (χ2v) is 8.67. The number of carbonyl (C=O) groups excluding carboxylic acids is 1. The maximum absolute atomic E-state index is 12.4. The first-order chi connectivity index (χ1) is 10.8. The van der Waals surface area contributed by atoms with Gasteiger partial charge in [0.2, 0.25) is 6.41 Å². The second-order valence-electron chi connectivity index (χ2n) is 6.20. The molecule has 1 saturated heterocycles. The van der Waals surface area contributed by atoms with E-state index < -0.39 is 15.1 Å². The summed E-state index contributed by atoms with van der Waals surface area (Å²) < 4.78 is 30.6. The van der Waals surface area contributed by atoms with Crippen molar-refractivity contribution in [3.05, 3.63) is 18.2 Å². The number of ether oxygens (including phenoxy) is 1. The molecule has 1 N–H and O–H groups in total. The van der Waals surface area contributed by atoms with Crippen molar-refractivity contribution >= 4 is 27.6 Å². The third-order valence-corrected chi connectivity index (χ3v) is 6.10. The predicted molar refractivity (Wildman–Crippen MR) is 90.7 cm³/mol. The Balaban J connectivity index is 2.42. The van der Waals surface area contributed by atoms with Crippen LogP contribution in [0.3, 0.4) is 0 Å². The molecule has 7 heteroatoms. The van der Waals surface area contributed by atoms with Gasteiger partial charge in [0.05, 0.1) is 28.0 Å². The quantitative estimate of drug-likeness (QED) is 0.830. The van der Waals surface area contributed by atoms with Crippen molar-refractivity contribution < 1.29 is 17.9 Å². The molecule has 0 aliphatic carbocycles. The van der Waals surface area contributed by atoms with Crippen LogP contribution < -0.4 is 10.2 Å². The first-order valence-corrected chi connectivity index (χ1v) is 9.29. The number of carbonyl (C=O) groups is 1. The monoisotopic (exact) mass is 340 g/mol. The van der Waals surface area contributed by atoms with Crippen molar-refractivity contribution in [1.82, 2.24) is 0 Å². The van der Waals surface area contributed by atoms with Crippen LogP contribution in [0, 0.1) is 0 Å². The smallest absolute Gasteiger partial charge is 0.211 e. The van der Waals surface area contributed by atoms with E-state index in [-0.39, 0.29) is 17.1 Å². The van der Waals surface area contributed by atoms with E-state index >= 15 is 0 Å². The minimum atomic E-state index is -3.46. The normalized spacial score (nSPS) is 22.2. The Bertz CT molecular complexity index is 663. The van der Waals surface area contributed by atoms with Crippen molar-refractivity contribution in [2.75, 3.05) is 23.3 Å². The molecule has 0 aromatic heterocycles. The summed E-state index contributed by atoms with van der Waals surface area (Å²) in [5.74, 6) is 0. The number of benzene rings is 1. The van der Waals surface area contributed by atoms with Gasteiger partial charge in [0.15, 0.2) is 9.84 Å². The van der Waals surface area contributed by atoms with Crippen molar-refractivity contribution in [1.29, 1.82) is 0 Å². The third kappa shape index (κ3) is 3.84. The van der Waals surface area contributed by atoms with Gasteiger partial charge < -0.3 is 15.0 Å². The van der Waals surface area contributed by atoms with Crippen LogP contribution in [-0.4, -0.2) is 45.4 Å². The molecule has 1 heterocycles. The summed E-state index contributed by atoms with van der Waals surface area (Å²) in [5, 5.41) is 1.97. The van der Waals surface area contributed by atoms with E-state index in [1.54, 1.807) is 32.0 Å². The topological polar surface area (TPSA) is 75.7 Å². The van der Waals surface area contributed by atoms with E-state index in [2.05, 4.69) is 10.2 Å². The van der Waals surface area contributed by atoms with Crippen LogP contribution in [0.1, 0.15) is 27.7 Å². The lowest BCUT2D eigenvalue weighted by Crippen LogP contribution is -2.45. The zero-order valence-corrected chi connectivity index (χ0v) is 14.8. The van der Waals surface area contributed by atoms with E-state index in [9.17, 15) is 13.2 Å². The molecule has 0 saturated carbocycles. The fraction of sp³-hybridized carbons (Fsp3) is 0.562. The van der Waals surface area contributed by atoms with Crippen molar-refractivity contribution in [2.45, 2.75) is 50.0 Å². The fourth-order valence-electron chi connectivity index (χ4n) is 2.78. The molecule has 1 aromatic rings. The Morgan fingerprint density at radius 3 is 2.39 bits per heavy atom. The number of nitrogens with one attached hydrogen (secondary N) is 1. The summed E-state index contributed by atoms with van der Waals surface area (Å²) >= 11 is 0. The summed E-state index contributed by atoms with van der Waals surface area (Å²) in [6.45, 7) is 8.70. The van der Waals surface area contributed by atoms with Crippen LogP contribution in [0.5, 0.6) is 0 Å². The third-order valence-electron chi connectivity index (χ3n) is 3.89. The molecule has 0 spiro atoms. The summed E-state index contributed by atoms with van der Waals surface area (Å²) in [6.07, 6.45) is 0.698. The molecule has 1 aliphatic heterocycles. The molecule has 1 fully saturated rings. The summed E-state index contributed by atoms with van der Waals surface area (Å²) in [7, 11) is -3.46. The molecule has 0 bridgehead atoms. The standard InChI is InChI=1S/C16H24N2O4S/c1-11(2)23(20,21)16-6-5-14(7-15(16)17-10-19)18-8-12(3)22-13(4)9-18/h5-7,10-13H,8-9H2,1-4H3,(H,17,19). The molecule has 2 atom stereocenters. The SMILES string of the molecule is CC1CN(c2ccc(S(=O)(=O)C(C)C)c(NC=O)c2)CC(C)O1. The fourth-order valence-corrected chi connectivity index (χ4v) is 3.97. The van der Waals surface area contributed by atoms with Gasteiger partial charge in [-0.15, -0.1) is 0 Å². The predicted octanol–water partition coefficient (Wildman–Crippen LogP) is 2.05. The van der Waals surface area contributed by atoms with E-state index in [0.717, 1.165) is 18.8 Å². The lowest BCUT2D eigenvalue weighted by molar-refractivity contribution is -0.105. The lowest BCUT2D eigenvalue weighted by atomic mass is 10.2. The number of amides is 1.